The van der Waals surface area contributed by atoms with Crippen LogP contribution in [0.25, 0.3) is 10.8 Å². The van der Waals surface area contributed by atoms with Crippen molar-refractivity contribution >= 4 is 45.7 Å². The van der Waals surface area contributed by atoms with Gasteiger partial charge in [0.15, 0.2) is 0 Å². The van der Waals surface area contributed by atoms with E-state index in [0.29, 0.717) is 0 Å². The zero-order chi connectivity index (χ0) is 40.2. The second-order valence-electron chi connectivity index (χ2n) is 17.8. The van der Waals surface area contributed by atoms with Crippen molar-refractivity contribution in [1.29, 1.82) is 0 Å². The molecular weight excluding hydrogens is 727 g/mol. The van der Waals surface area contributed by atoms with Crippen molar-refractivity contribution in [3.8, 4) is 0 Å². The Morgan fingerprint density at radius 1 is 0.310 bits per heavy atom. The van der Waals surface area contributed by atoms with Crippen molar-refractivity contribution in [3.63, 3.8) is 0 Å². The van der Waals surface area contributed by atoms with Gasteiger partial charge >= 0.3 is 0 Å². The molecule has 8 rings (SSSR count). The molecule has 2 aromatic carbocycles. The molecule has 6 heterocycles. The van der Waals surface area contributed by atoms with Crippen LogP contribution in [-0.2, 0) is 0 Å². The normalized spacial score (nSPS) is 23.1. The standard InChI is InChI=1S/C43H71N15/c1-47-12-24-53(25-13-47)41(54-26-14-48(2)15-27-54)44-37-10-11-39(46-43(57-32-20-51(5)21-33-57)58-34-22-52(6)23-35-58)40-36(37)8-7-9-38(40)45-42(55-28-16-49(3)17-29-55)56-30-18-50(4)19-31-56/h7-11H,12-35H2,1-6H3. The predicted octanol–water partition coefficient (Wildman–Crippen LogP) is 1.29. The zero-order valence-electron chi connectivity index (χ0n) is 36.6. The average Bonchev–Trinajstić information content (AvgIpc) is 3.24. The zero-order valence-corrected chi connectivity index (χ0v) is 36.6. The maximum absolute atomic E-state index is 5.75. The van der Waals surface area contributed by atoms with E-state index in [2.05, 4.69) is 131 Å². The van der Waals surface area contributed by atoms with E-state index in [-0.39, 0.29) is 0 Å². The van der Waals surface area contributed by atoms with Crippen LogP contribution in [-0.4, -0.2) is 276 Å². The fraction of sp³-hybridized carbons (Fsp3) is 0.698. The summed E-state index contributed by atoms with van der Waals surface area (Å²) in [6.45, 7) is 24.2. The van der Waals surface area contributed by atoms with Crippen LogP contribution in [0.1, 0.15) is 0 Å². The van der Waals surface area contributed by atoms with E-state index in [1.165, 1.54) is 0 Å². The number of aliphatic imine (C=N–C) groups is 3. The first-order valence-electron chi connectivity index (χ1n) is 22.1. The number of hydrogen-bond acceptors (Lipinski definition) is 9. The average molecular weight is 798 g/mol. The molecule has 6 fully saturated rings. The molecule has 0 spiro atoms. The molecule has 0 aromatic heterocycles. The number of benzene rings is 2. The number of nitrogens with zero attached hydrogens (tertiary/aromatic N) is 15. The molecule has 58 heavy (non-hydrogen) atoms. The van der Waals surface area contributed by atoms with E-state index in [4.69, 9.17) is 15.0 Å². The van der Waals surface area contributed by atoms with Gasteiger partial charge in [0.2, 0.25) is 17.9 Å². The van der Waals surface area contributed by atoms with Gasteiger partial charge in [0.1, 0.15) is 0 Å². The highest BCUT2D eigenvalue weighted by molar-refractivity contribution is 6.09. The number of likely N-dealkylation sites (N-methyl/N-ethyl adjacent to an activating group) is 6. The molecule has 0 atom stereocenters. The summed E-state index contributed by atoms with van der Waals surface area (Å²) >= 11 is 0. The van der Waals surface area contributed by atoms with Crippen LogP contribution in [0.2, 0.25) is 0 Å². The van der Waals surface area contributed by atoms with Crippen LogP contribution in [0.5, 0.6) is 0 Å². The Morgan fingerprint density at radius 2 is 0.552 bits per heavy atom. The quantitative estimate of drug-likeness (QED) is 0.332. The van der Waals surface area contributed by atoms with E-state index in [1.54, 1.807) is 0 Å². The summed E-state index contributed by atoms with van der Waals surface area (Å²) in [5.41, 5.74) is 2.97. The summed E-state index contributed by atoms with van der Waals surface area (Å²) in [7, 11) is 13.4. The van der Waals surface area contributed by atoms with Crippen LogP contribution >= 0.6 is 0 Å². The third kappa shape index (κ3) is 9.66. The highest BCUT2D eigenvalue weighted by Gasteiger charge is 2.29. The van der Waals surface area contributed by atoms with Gasteiger partial charge in [-0.05, 0) is 60.5 Å². The molecule has 0 saturated carbocycles. The largest absolute Gasteiger partial charge is 0.340 e. The lowest BCUT2D eigenvalue weighted by Crippen LogP contribution is -2.56. The monoisotopic (exact) mass is 798 g/mol. The maximum Gasteiger partial charge on any atom is 0.202 e. The summed E-state index contributed by atoms with van der Waals surface area (Å²) in [6.07, 6.45) is 0. The van der Waals surface area contributed by atoms with E-state index >= 15 is 0 Å². The Balaban J connectivity index is 1.29. The Hall–Kier alpha value is -3.73. The lowest BCUT2D eigenvalue weighted by molar-refractivity contribution is 0.167. The number of hydrogen-bond donors (Lipinski definition) is 0. The number of piperazine rings is 6. The minimum atomic E-state index is 0.976. The molecule has 15 nitrogen and oxygen atoms in total. The van der Waals surface area contributed by atoms with Crippen molar-refractivity contribution in [1.82, 2.24) is 58.8 Å². The molecule has 2 aromatic rings. The first kappa shape index (κ1) is 41.0. The van der Waals surface area contributed by atoms with E-state index in [1.807, 2.05) is 0 Å². The van der Waals surface area contributed by atoms with Gasteiger partial charge in [-0.2, -0.15) is 0 Å². The third-order valence-corrected chi connectivity index (χ3v) is 13.4. The second kappa shape index (κ2) is 18.7. The Morgan fingerprint density at radius 3 is 0.845 bits per heavy atom. The van der Waals surface area contributed by atoms with E-state index < -0.39 is 0 Å². The molecule has 0 radical (unpaired) electrons. The van der Waals surface area contributed by atoms with Crippen molar-refractivity contribution in [2.75, 3.05) is 199 Å². The van der Waals surface area contributed by atoms with Gasteiger partial charge in [0.05, 0.1) is 17.1 Å². The van der Waals surface area contributed by atoms with Crippen molar-refractivity contribution in [2.45, 2.75) is 0 Å². The van der Waals surface area contributed by atoms with Gasteiger partial charge in [-0.3, -0.25) is 0 Å². The second-order valence-corrected chi connectivity index (χ2v) is 17.8. The van der Waals surface area contributed by atoms with Crippen LogP contribution in [0, 0.1) is 0 Å². The number of rotatable bonds is 3. The summed E-state index contributed by atoms with van der Waals surface area (Å²) < 4.78 is 0. The minimum absolute atomic E-state index is 0.976. The summed E-state index contributed by atoms with van der Waals surface area (Å²) in [4.78, 5) is 47.0. The molecule has 6 aliphatic heterocycles. The molecule has 0 bridgehead atoms. The van der Waals surface area contributed by atoms with Gasteiger partial charge < -0.3 is 58.8 Å². The predicted molar refractivity (Wildman–Crippen MR) is 240 cm³/mol. The molecule has 0 amide bonds. The minimum Gasteiger partial charge on any atom is -0.340 e. The van der Waals surface area contributed by atoms with Gasteiger partial charge in [-0.15, -0.1) is 0 Å². The Kier molecular flexibility index (Phi) is 13.2. The summed E-state index contributed by atoms with van der Waals surface area (Å²) in [6, 6.07) is 11.2. The first-order chi connectivity index (χ1) is 28.2. The molecule has 0 aliphatic carbocycles. The van der Waals surface area contributed by atoms with Gasteiger partial charge in [-0.1, -0.05) is 12.1 Å². The van der Waals surface area contributed by atoms with Crippen molar-refractivity contribution in [3.05, 3.63) is 30.3 Å². The molecule has 6 saturated heterocycles. The number of fused-ring (bicyclic) bond motifs is 1. The van der Waals surface area contributed by atoms with Crippen molar-refractivity contribution in [2.24, 2.45) is 15.0 Å². The van der Waals surface area contributed by atoms with Crippen LogP contribution < -0.4 is 0 Å². The van der Waals surface area contributed by atoms with Gasteiger partial charge in [0.25, 0.3) is 0 Å². The van der Waals surface area contributed by atoms with E-state index in [0.717, 1.165) is 203 Å². The molecule has 6 aliphatic rings. The third-order valence-electron chi connectivity index (χ3n) is 13.4. The van der Waals surface area contributed by atoms with Gasteiger partial charge in [0, 0.05) is 168 Å². The molecular formula is C43H71N15. The molecule has 318 valence electrons. The van der Waals surface area contributed by atoms with E-state index in [9.17, 15) is 0 Å². The Labute approximate surface area is 348 Å². The fourth-order valence-electron chi connectivity index (χ4n) is 9.02. The molecule has 0 unspecified atom stereocenters. The van der Waals surface area contributed by atoms with Gasteiger partial charge in [-0.25, -0.2) is 15.0 Å². The first-order valence-corrected chi connectivity index (χ1v) is 22.1. The molecule has 15 heteroatoms. The smallest absolute Gasteiger partial charge is 0.202 e. The fourth-order valence-corrected chi connectivity index (χ4v) is 9.02. The summed E-state index contributed by atoms with van der Waals surface area (Å²) in [5, 5.41) is 2.22. The topological polar surface area (TPSA) is 76.0 Å². The highest BCUT2D eigenvalue weighted by atomic mass is 15.4. The van der Waals surface area contributed by atoms with Crippen molar-refractivity contribution < 1.29 is 0 Å². The molecule has 0 N–H and O–H groups in total. The maximum atomic E-state index is 5.75. The Bertz CT molecular complexity index is 1610. The van der Waals surface area contributed by atoms with Crippen LogP contribution in [0.4, 0.5) is 17.1 Å². The SMILES string of the molecule is CN1CCN(C(=Nc2ccc(N=C(N3CCN(C)CC3)N3CCN(C)CC3)c3c(N=C(N4CCN(C)CC4)N4CCN(C)CC4)cccc23)N2CCN(C)CC2)CC1. The highest BCUT2D eigenvalue weighted by Crippen LogP contribution is 2.41. The number of guanidine groups is 3. The summed E-state index contributed by atoms with van der Waals surface area (Å²) in [5.74, 6) is 3.32. The van der Waals surface area contributed by atoms with Crippen LogP contribution in [0.3, 0.4) is 0 Å². The lowest BCUT2D eigenvalue weighted by atomic mass is 10.0. The van der Waals surface area contributed by atoms with Crippen LogP contribution in [0.15, 0.2) is 45.3 Å². The lowest BCUT2D eigenvalue weighted by Gasteiger charge is -2.42.